The molecule has 2 bridgehead atoms. The zero-order chi connectivity index (χ0) is 15.5. The number of carbonyl (C=O) groups excluding carboxylic acids is 1. The molecule has 2 unspecified atom stereocenters. The van der Waals surface area contributed by atoms with E-state index in [1.807, 2.05) is 23.1 Å². The van der Waals surface area contributed by atoms with Crippen LogP contribution < -0.4 is 9.47 Å². The van der Waals surface area contributed by atoms with Crippen LogP contribution in [0.2, 0.25) is 0 Å². The molecule has 22 heavy (non-hydrogen) atoms. The van der Waals surface area contributed by atoms with E-state index in [0.29, 0.717) is 23.9 Å². The monoisotopic (exact) mass is 305 g/mol. The molecule has 0 N–H and O–H groups in total. The fourth-order valence-corrected chi connectivity index (χ4v) is 3.64. The molecule has 120 valence electrons. The van der Waals surface area contributed by atoms with Gasteiger partial charge < -0.3 is 19.1 Å². The van der Waals surface area contributed by atoms with Gasteiger partial charge in [-0.05, 0) is 37.8 Å². The normalized spacial score (nSPS) is 26.8. The number of benzene rings is 1. The van der Waals surface area contributed by atoms with Gasteiger partial charge in [-0.1, -0.05) is 6.07 Å². The Morgan fingerprint density at radius 1 is 1.18 bits per heavy atom. The molecule has 0 aliphatic carbocycles. The van der Waals surface area contributed by atoms with Crippen molar-refractivity contribution < 1.29 is 19.0 Å². The zero-order valence-electron chi connectivity index (χ0n) is 13.2. The SMILES string of the molecule is COc1cccc(OCC(=O)N2C3CCC2CC(OC)C3)c1. The maximum absolute atomic E-state index is 12.5. The highest BCUT2D eigenvalue weighted by Gasteiger charge is 2.43. The molecule has 2 atom stereocenters. The van der Waals surface area contributed by atoms with E-state index < -0.39 is 0 Å². The van der Waals surface area contributed by atoms with Gasteiger partial charge >= 0.3 is 0 Å². The number of fused-ring (bicyclic) bond motifs is 2. The molecule has 5 heteroatoms. The Bertz CT molecular complexity index is 519. The van der Waals surface area contributed by atoms with E-state index in [1.54, 1.807) is 20.3 Å². The topological polar surface area (TPSA) is 48.0 Å². The van der Waals surface area contributed by atoms with Gasteiger partial charge in [0.1, 0.15) is 11.5 Å². The average molecular weight is 305 g/mol. The zero-order valence-corrected chi connectivity index (χ0v) is 13.2. The van der Waals surface area contributed by atoms with Gasteiger partial charge in [0, 0.05) is 25.3 Å². The second-order valence-corrected chi connectivity index (χ2v) is 5.98. The Hall–Kier alpha value is -1.75. The van der Waals surface area contributed by atoms with Gasteiger partial charge in [-0.3, -0.25) is 4.79 Å². The molecule has 0 radical (unpaired) electrons. The van der Waals surface area contributed by atoms with Crippen LogP contribution in [0, 0.1) is 0 Å². The van der Waals surface area contributed by atoms with E-state index in [-0.39, 0.29) is 12.5 Å². The molecule has 2 saturated heterocycles. The molecule has 1 amide bonds. The first kappa shape index (κ1) is 15.2. The molecule has 2 aliphatic rings. The van der Waals surface area contributed by atoms with Gasteiger partial charge in [-0.2, -0.15) is 0 Å². The first-order valence-electron chi connectivity index (χ1n) is 7.82. The van der Waals surface area contributed by atoms with Gasteiger partial charge in [-0.15, -0.1) is 0 Å². The summed E-state index contributed by atoms with van der Waals surface area (Å²) >= 11 is 0. The van der Waals surface area contributed by atoms with Crippen molar-refractivity contribution in [3.63, 3.8) is 0 Å². The number of piperidine rings is 1. The van der Waals surface area contributed by atoms with Crippen molar-refractivity contribution in [2.24, 2.45) is 0 Å². The molecular weight excluding hydrogens is 282 g/mol. The third kappa shape index (κ3) is 3.04. The van der Waals surface area contributed by atoms with E-state index in [2.05, 4.69) is 0 Å². The van der Waals surface area contributed by atoms with Crippen molar-refractivity contribution in [1.29, 1.82) is 0 Å². The molecule has 2 aliphatic heterocycles. The van der Waals surface area contributed by atoms with E-state index in [4.69, 9.17) is 14.2 Å². The number of ether oxygens (including phenoxy) is 3. The van der Waals surface area contributed by atoms with Crippen LogP contribution in [0.1, 0.15) is 25.7 Å². The summed E-state index contributed by atoms with van der Waals surface area (Å²) < 4.78 is 16.3. The number of hydrogen-bond acceptors (Lipinski definition) is 4. The summed E-state index contributed by atoms with van der Waals surface area (Å²) in [5.41, 5.74) is 0. The van der Waals surface area contributed by atoms with E-state index in [0.717, 1.165) is 31.4 Å². The highest BCUT2D eigenvalue weighted by atomic mass is 16.5. The molecule has 1 aromatic carbocycles. The molecule has 0 aromatic heterocycles. The second-order valence-electron chi connectivity index (χ2n) is 5.98. The Labute approximate surface area is 131 Å². The predicted octanol–water partition coefficient (Wildman–Crippen LogP) is 2.24. The number of rotatable bonds is 5. The van der Waals surface area contributed by atoms with Crippen LogP contribution in [-0.4, -0.2) is 49.8 Å². The summed E-state index contributed by atoms with van der Waals surface area (Å²) in [5, 5.41) is 0. The Morgan fingerprint density at radius 2 is 1.86 bits per heavy atom. The maximum atomic E-state index is 12.5. The lowest BCUT2D eigenvalue weighted by Crippen LogP contribution is -2.50. The summed E-state index contributed by atoms with van der Waals surface area (Å²) in [4.78, 5) is 14.5. The third-order valence-corrected chi connectivity index (χ3v) is 4.71. The standard InChI is InChI=1S/C17H23NO4/c1-20-14-4-3-5-15(10-14)22-11-17(19)18-12-6-7-13(18)9-16(8-12)21-2/h3-5,10,12-13,16H,6-9,11H2,1-2H3. The summed E-state index contributed by atoms with van der Waals surface area (Å²) in [6.07, 6.45) is 4.33. The molecule has 0 spiro atoms. The van der Waals surface area contributed by atoms with Crippen molar-refractivity contribution in [2.75, 3.05) is 20.8 Å². The minimum Gasteiger partial charge on any atom is -0.497 e. The maximum Gasteiger partial charge on any atom is 0.261 e. The highest BCUT2D eigenvalue weighted by molar-refractivity contribution is 5.79. The lowest BCUT2D eigenvalue weighted by Gasteiger charge is -2.38. The molecular formula is C17H23NO4. The smallest absolute Gasteiger partial charge is 0.261 e. The van der Waals surface area contributed by atoms with Crippen molar-refractivity contribution in [3.05, 3.63) is 24.3 Å². The lowest BCUT2D eigenvalue weighted by atomic mass is 10.00. The molecule has 2 fully saturated rings. The lowest BCUT2D eigenvalue weighted by molar-refractivity contribution is -0.140. The Balaban J connectivity index is 1.58. The highest BCUT2D eigenvalue weighted by Crippen LogP contribution is 2.36. The minimum absolute atomic E-state index is 0.0740. The van der Waals surface area contributed by atoms with Gasteiger partial charge in [-0.25, -0.2) is 0 Å². The molecule has 5 nitrogen and oxygen atoms in total. The van der Waals surface area contributed by atoms with E-state index >= 15 is 0 Å². The van der Waals surface area contributed by atoms with Crippen LogP contribution >= 0.6 is 0 Å². The number of nitrogens with zero attached hydrogens (tertiary/aromatic N) is 1. The number of hydrogen-bond donors (Lipinski definition) is 0. The van der Waals surface area contributed by atoms with Crippen LogP contribution in [0.5, 0.6) is 11.5 Å². The molecule has 1 aromatic rings. The summed E-state index contributed by atoms with van der Waals surface area (Å²) in [6.45, 7) is 0.0812. The Morgan fingerprint density at radius 3 is 2.50 bits per heavy atom. The van der Waals surface area contributed by atoms with Crippen molar-refractivity contribution in [2.45, 2.75) is 43.9 Å². The summed E-state index contributed by atoms with van der Waals surface area (Å²) in [7, 11) is 3.37. The average Bonchev–Trinajstić information content (AvgIpc) is 2.83. The van der Waals surface area contributed by atoms with Crippen molar-refractivity contribution in [1.82, 2.24) is 4.90 Å². The van der Waals surface area contributed by atoms with Crippen molar-refractivity contribution in [3.8, 4) is 11.5 Å². The van der Waals surface area contributed by atoms with Gasteiger partial charge in [0.25, 0.3) is 5.91 Å². The van der Waals surface area contributed by atoms with E-state index in [1.165, 1.54) is 0 Å². The minimum atomic E-state index is 0.0740. The fourth-order valence-electron chi connectivity index (χ4n) is 3.64. The van der Waals surface area contributed by atoms with E-state index in [9.17, 15) is 4.79 Å². The first-order valence-corrected chi connectivity index (χ1v) is 7.82. The van der Waals surface area contributed by atoms with Crippen LogP contribution in [0.25, 0.3) is 0 Å². The number of amides is 1. The third-order valence-electron chi connectivity index (χ3n) is 4.71. The second kappa shape index (κ2) is 6.57. The van der Waals surface area contributed by atoms with Gasteiger partial charge in [0.05, 0.1) is 13.2 Å². The predicted molar refractivity (Wildman–Crippen MR) is 82.2 cm³/mol. The van der Waals surface area contributed by atoms with Crippen LogP contribution in [0.3, 0.4) is 0 Å². The molecule has 3 rings (SSSR count). The first-order chi connectivity index (χ1) is 10.7. The largest absolute Gasteiger partial charge is 0.497 e. The van der Waals surface area contributed by atoms with Gasteiger partial charge in [0.2, 0.25) is 0 Å². The summed E-state index contributed by atoms with van der Waals surface area (Å²) in [5.74, 6) is 1.46. The molecule has 0 saturated carbocycles. The molecule has 2 heterocycles. The van der Waals surface area contributed by atoms with Gasteiger partial charge in [0.15, 0.2) is 6.61 Å². The van der Waals surface area contributed by atoms with Crippen LogP contribution in [0.15, 0.2) is 24.3 Å². The number of carbonyl (C=O) groups is 1. The van der Waals surface area contributed by atoms with Crippen LogP contribution in [0.4, 0.5) is 0 Å². The quantitative estimate of drug-likeness (QED) is 0.837. The Kier molecular flexibility index (Phi) is 4.52. The van der Waals surface area contributed by atoms with Crippen LogP contribution in [-0.2, 0) is 9.53 Å². The number of methoxy groups -OCH3 is 2. The summed E-state index contributed by atoms with van der Waals surface area (Å²) in [6, 6.07) is 7.95. The fraction of sp³-hybridized carbons (Fsp3) is 0.588. The van der Waals surface area contributed by atoms with Crippen molar-refractivity contribution >= 4 is 5.91 Å².